The molecular weight excluding hydrogens is 445 g/mol. The van der Waals surface area contributed by atoms with Crippen LogP contribution < -0.4 is 5.32 Å². The summed E-state index contributed by atoms with van der Waals surface area (Å²) in [6.45, 7) is 3.38. The van der Waals surface area contributed by atoms with Crippen LogP contribution >= 0.6 is 38.5 Å². The molecule has 1 aromatic carbocycles. The molecule has 0 spiro atoms. The van der Waals surface area contributed by atoms with Crippen LogP contribution in [0.15, 0.2) is 28.7 Å². The van der Waals surface area contributed by atoms with E-state index in [0.29, 0.717) is 13.0 Å². The van der Waals surface area contributed by atoms with Gasteiger partial charge in [0.2, 0.25) is 0 Å². The quantitative estimate of drug-likeness (QED) is 0.660. The summed E-state index contributed by atoms with van der Waals surface area (Å²) < 4.78 is 7.33. The number of rotatable bonds is 6. The highest BCUT2D eigenvalue weighted by Gasteiger charge is 2.12. The molecule has 0 fully saturated rings. The maximum atomic E-state index is 5.23. The molecule has 1 aromatic heterocycles. The number of methoxy groups -OCH3 is 1. The Hall–Kier alpha value is -0.730. The van der Waals surface area contributed by atoms with E-state index >= 15 is 0 Å². The SMILES string of the molecule is CCNc1nc(Cc2ccc(Br)cc2)nc(COC)c1I. The van der Waals surface area contributed by atoms with E-state index in [4.69, 9.17) is 4.74 Å². The van der Waals surface area contributed by atoms with Gasteiger partial charge in [0.1, 0.15) is 11.6 Å². The maximum Gasteiger partial charge on any atom is 0.143 e. The summed E-state index contributed by atoms with van der Waals surface area (Å²) in [5.41, 5.74) is 2.11. The first-order chi connectivity index (χ1) is 10.1. The fraction of sp³-hybridized carbons (Fsp3) is 0.333. The van der Waals surface area contributed by atoms with E-state index in [9.17, 15) is 0 Å². The Bertz CT molecular complexity index is 577. The lowest BCUT2D eigenvalue weighted by atomic mass is 10.1. The van der Waals surface area contributed by atoms with Crippen molar-refractivity contribution in [1.29, 1.82) is 0 Å². The molecule has 0 aliphatic rings. The summed E-state index contributed by atoms with van der Waals surface area (Å²) in [7, 11) is 1.68. The van der Waals surface area contributed by atoms with Gasteiger partial charge in [-0.3, -0.25) is 0 Å². The minimum Gasteiger partial charge on any atom is -0.378 e. The second-order valence-electron chi connectivity index (χ2n) is 4.52. The number of hydrogen-bond acceptors (Lipinski definition) is 4. The van der Waals surface area contributed by atoms with Crippen molar-refractivity contribution in [1.82, 2.24) is 9.97 Å². The second kappa shape index (κ2) is 8.05. The molecule has 6 heteroatoms. The van der Waals surface area contributed by atoms with Crippen molar-refractivity contribution in [2.24, 2.45) is 0 Å². The van der Waals surface area contributed by atoms with Crippen LogP contribution in [0.1, 0.15) is 24.0 Å². The van der Waals surface area contributed by atoms with Crippen LogP contribution in [0.4, 0.5) is 5.82 Å². The second-order valence-corrected chi connectivity index (χ2v) is 6.51. The molecule has 1 heterocycles. The van der Waals surface area contributed by atoms with E-state index in [-0.39, 0.29) is 0 Å². The third-order valence-electron chi connectivity index (χ3n) is 2.87. The van der Waals surface area contributed by atoms with Crippen molar-refractivity contribution >= 4 is 44.3 Å². The van der Waals surface area contributed by atoms with Crippen molar-refractivity contribution in [3.05, 3.63) is 49.4 Å². The fourth-order valence-electron chi connectivity index (χ4n) is 1.93. The van der Waals surface area contributed by atoms with E-state index in [1.807, 2.05) is 12.1 Å². The number of anilines is 1. The third-order valence-corrected chi connectivity index (χ3v) is 4.53. The Morgan fingerprint density at radius 3 is 2.57 bits per heavy atom. The smallest absolute Gasteiger partial charge is 0.143 e. The van der Waals surface area contributed by atoms with Crippen LogP contribution in [0.5, 0.6) is 0 Å². The Labute approximate surface area is 147 Å². The zero-order valence-corrected chi connectivity index (χ0v) is 15.7. The zero-order chi connectivity index (χ0) is 15.2. The molecule has 0 amide bonds. The number of halogens is 2. The van der Waals surface area contributed by atoms with Gasteiger partial charge in [0.25, 0.3) is 0 Å². The highest BCUT2D eigenvalue weighted by Crippen LogP contribution is 2.21. The Kier molecular flexibility index (Phi) is 6.38. The van der Waals surface area contributed by atoms with Crippen LogP contribution in [0.25, 0.3) is 0 Å². The van der Waals surface area contributed by atoms with Crippen LogP contribution in [0.2, 0.25) is 0 Å². The molecule has 0 unspecified atom stereocenters. The maximum absolute atomic E-state index is 5.23. The predicted molar refractivity (Wildman–Crippen MR) is 96.6 cm³/mol. The first-order valence-electron chi connectivity index (χ1n) is 6.66. The predicted octanol–water partition coefficient (Wildman–Crippen LogP) is 4.01. The molecule has 1 N–H and O–H groups in total. The van der Waals surface area contributed by atoms with Crippen molar-refractivity contribution < 1.29 is 4.74 Å². The third kappa shape index (κ3) is 4.62. The van der Waals surface area contributed by atoms with Gasteiger partial charge in [0.15, 0.2) is 0 Å². The molecule has 112 valence electrons. The average Bonchev–Trinajstić information content (AvgIpc) is 2.47. The average molecular weight is 462 g/mol. The molecule has 21 heavy (non-hydrogen) atoms. The molecule has 2 rings (SSSR count). The molecule has 2 aromatic rings. The van der Waals surface area contributed by atoms with E-state index in [2.05, 4.69) is 72.9 Å². The minimum atomic E-state index is 0.493. The number of benzene rings is 1. The number of ether oxygens (including phenoxy) is 1. The van der Waals surface area contributed by atoms with Crippen molar-refractivity contribution in [2.75, 3.05) is 19.0 Å². The van der Waals surface area contributed by atoms with Gasteiger partial charge in [-0.05, 0) is 47.2 Å². The number of nitrogens with zero attached hydrogens (tertiary/aromatic N) is 2. The van der Waals surface area contributed by atoms with Gasteiger partial charge in [-0.1, -0.05) is 28.1 Å². The van der Waals surface area contributed by atoms with Gasteiger partial charge in [-0.25, -0.2) is 9.97 Å². The first-order valence-corrected chi connectivity index (χ1v) is 8.53. The standard InChI is InChI=1S/C15H17BrIN3O/c1-3-18-15-14(17)12(9-21-2)19-13(20-15)8-10-4-6-11(16)7-5-10/h4-7H,3,8-9H2,1-2H3,(H,18,19,20). The van der Waals surface area contributed by atoms with E-state index < -0.39 is 0 Å². The summed E-state index contributed by atoms with van der Waals surface area (Å²) in [5.74, 6) is 1.69. The molecule has 0 bridgehead atoms. The Morgan fingerprint density at radius 1 is 1.24 bits per heavy atom. The van der Waals surface area contributed by atoms with E-state index in [0.717, 1.165) is 31.9 Å². The highest BCUT2D eigenvalue weighted by atomic mass is 127. The summed E-state index contributed by atoms with van der Waals surface area (Å²) in [6.07, 6.45) is 0.708. The van der Waals surface area contributed by atoms with E-state index in [1.54, 1.807) is 7.11 Å². The highest BCUT2D eigenvalue weighted by molar-refractivity contribution is 14.1. The lowest BCUT2D eigenvalue weighted by Crippen LogP contribution is -2.10. The van der Waals surface area contributed by atoms with Crippen LogP contribution in [-0.2, 0) is 17.8 Å². The number of hydrogen-bond donors (Lipinski definition) is 1. The van der Waals surface area contributed by atoms with Crippen molar-refractivity contribution in [3.8, 4) is 0 Å². The number of aromatic nitrogens is 2. The fourth-order valence-corrected chi connectivity index (χ4v) is 2.78. The van der Waals surface area contributed by atoms with Gasteiger partial charge in [-0.2, -0.15) is 0 Å². The van der Waals surface area contributed by atoms with Crippen molar-refractivity contribution in [2.45, 2.75) is 20.0 Å². The Morgan fingerprint density at radius 2 is 1.95 bits per heavy atom. The van der Waals surface area contributed by atoms with Crippen LogP contribution in [0, 0.1) is 3.57 Å². The van der Waals surface area contributed by atoms with Crippen LogP contribution in [-0.4, -0.2) is 23.6 Å². The number of nitrogens with one attached hydrogen (secondary N) is 1. The monoisotopic (exact) mass is 461 g/mol. The van der Waals surface area contributed by atoms with Gasteiger partial charge in [-0.15, -0.1) is 0 Å². The molecule has 0 aliphatic heterocycles. The molecule has 0 radical (unpaired) electrons. The topological polar surface area (TPSA) is 47.0 Å². The summed E-state index contributed by atoms with van der Waals surface area (Å²) in [4.78, 5) is 9.25. The first kappa shape index (κ1) is 16.6. The van der Waals surface area contributed by atoms with Gasteiger partial charge in [0, 0.05) is 24.5 Å². The summed E-state index contributed by atoms with van der Waals surface area (Å²) in [5, 5.41) is 3.29. The Balaban J connectivity index is 2.31. The van der Waals surface area contributed by atoms with E-state index in [1.165, 1.54) is 5.56 Å². The molecule has 4 nitrogen and oxygen atoms in total. The minimum absolute atomic E-state index is 0.493. The molecule has 0 aliphatic carbocycles. The van der Waals surface area contributed by atoms with Crippen LogP contribution in [0.3, 0.4) is 0 Å². The molecule has 0 saturated heterocycles. The van der Waals surface area contributed by atoms with Crippen molar-refractivity contribution in [3.63, 3.8) is 0 Å². The lowest BCUT2D eigenvalue weighted by Gasteiger charge is -2.12. The lowest BCUT2D eigenvalue weighted by molar-refractivity contribution is 0.180. The summed E-state index contributed by atoms with van der Waals surface area (Å²) >= 11 is 5.71. The molecule has 0 saturated carbocycles. The van der Waals surface area contributed by atoms with Gasteiger partial charge >= 0.3 is 0 Å². The van der Waals surface area contributed by atoms with Gasteiger partial charge in [0.05, 0.1) is 15.9 Å². The molecule has 0 atom stereocenters. The summed E-state index contributed by atoms with van der Waals surface area (Å²) in [6, 6.07) is 8.22. The largest absolute Gasteiger partial charge is 0.378 e. The zero-order valence-electron chi connectivity index (χ0n) is 12.0. The van der Waals surface area contributed by atoms with Gasteiger partial charge < -0.3 is 10.1 Å². The normalized spacial score (nSPS) is 10.7. The molecular formula is C15H17BrIN3O.